The number of sulfone groups is 1. The molecule has 3 aromatic carbocycles. The van der Waals surface area contributed by atoms with Crippen LogP contribution in [0.25, 0.3) is 0 Å². The summed E-state index contributed by atoms with van der Waals surface area (Å²) in [6.45, 7) is 0.299. The first kappa shape index (κ1) is 17.8. The minimum Gasteiger partial charge on any atom is -0.497 e. The number of rotatable bonds is 6. The third-order valence-corrected chi connectivity index (χ3v) is 5.63. The molecular formula is C20H19NO4S. The van der Waals surface area contributed by atoms with E-state index in [9.17, 15) is 8.42 Å². The second-order valence-electron chi connectivity index (χ2n) is 5.66. The number of nitrogen functional groups attached to an aromatic ring is 1. The molecule has 3 aromatic rings. The molecule has 0 atom stereocenters. The first-order chi connectivity index (χ1) is 12.5. The van der Waals surface area contributed by atoms with Gasteiger partial charge in [0.05, 0.1) is 22.6 Å². The molecule has 26 heavy (non-hydrogen) atoms. The number of methoxy groups -OCH3 is 1. The van der Waals surface area contributed by atoms with Gasteiger partial charge in [-0.3, -0.25) is 0 Å². The van der Waals surface area contributed by atoms with Crippen molar-refractivity contribution in [2.75, 3.05) is 12.8 Å². The van der Waals surface area contributed by atoms with Crippen LogP contribution in [-0.4, -0.2) is 15.5 Å². The maximum absolute atomic E-state index is 12.9. The van der Waals surface area contributed by atoms with Gasteiger partial charge in [0.1, 0.15) is 18.1 Å². The van der Waals surface area contributed by atoms with Gasteiger partial charge in [0.2, 0.25) is 9.84 Å². The zero-order valence-electron chi connectivity index (χ0n) is 14.3. The van der Waals surface area contributed by atoms with E-state index in [1.807, 2.05) is 30.3 Å². The summed E-state index contributed by atoms with van der Waals surface area (Å²) in [5, 5.41) is 0. The fourth-order valence-electron chi connectivity index (χ4n) is 2.45. The minimum atomic E-state index is -3.71. The van der Waals surface area contributed by atoms with Crippen molar-refractivity contribution >= 4 is 15.5 Å². The molecule has 0 aromatic heterocycles. The maximum atomic E-state index is 12.9. The topological polar surface area (TPSA) is 78.6 Å². The monoisotopic (exact) mass is 369 g/mol. The Morgan fingerprint density at radius 2 is 1.62 bits per heavy atom. The van der Waals surface area contributed by atoms with Crippen LogP contribution >= 0.6 is 0 Å². The van der Waals surface area contributed by atoms with Crippen LogP contribution < -0.4 is 15.2 Å². The molecular weight excluding hydrogens is 350 g/mol. The molecule has 0 radical (unpaired) electrons. The van der Waals surface area contributed by atoms with Gasteiger partial charge in [-0.1, -0.05) is 36.4 Å². The number of anilines is 1. The van der Waals surface area contributed by atoms with Gasteiger partial charge in [0, 0.05) is 6.07 Å². The van der Waals surface area contributed by atoms with E-state index in [2.05, 4.69) is 0 Å². The van der Waals surface area contributed by atoms with E-state index < -0.39 is 9.84 Å². The SMILES string of the molecule is COc1cccc(S(=O)(=O)c2ccc(N)c(OCc3ccccc3)c2)c1. The summed E-state index contributed by atoms with van der Waals surface area (Å²) in [4.78, 5) is 0.263. The molecule has 0 spiro atoms. The summed E-state index contributed by atoms with van der Waals surface area (Å²) in [7, 11) is -2.22. The molecule has 0 saturated heterocycles. The van der Waals surface area contributed by atoms with Crippen LogP contribution in [0.15, 0.2) is 82.6 Å². The lowest BCUT2D eigenvalue weighted by molar-refractivity contribution is 0.307. The van der Waals surface area contributed by atoms with Crippen molar-refractivity contribution in [3.63, 3.8) is 0 Å². The molecule has 0 aliphatic carbocycles. The van der Waals surface area contributed by atoms with Crippen molar-refractivity contribution in [1.82, 2.24) is 0 Å². The van der Waals surface area contributed by atoms with Crippen molar-refractivity contribution < 1.29 is 17.9 Å². The quantitative estimate of drug-likeness (QED) is 0.671. The molecule has 0 aliphatic rings. The fraction of sp³-hybridized carbons (Fsp3) is 0.100. The van der Waals surface area contributed by atoms with E-state index >= 15 is 0 Å². The molecule has 0 aliphatic heterocycles. The van der Waals surface area contributed by atoms with Crippen LogP contribution in [0.3, 0.4) is 0 Å². The highest BCUT2D eigenvalue weighted by Gasteiger charge is 2.20. The molecule has 134 valence electrons. The van der Waals surface area contributed by atoms with Crippen LogP contribution in [0.1, 0.15) is 5.56 Å². The van der Waals surface area contributed by atoms with Gasteiger partial charge in [0.25, 0.3) is 0 Å². The van der Waals surface area contributed by atoms with Crippen molar-refractivity contribution in [2.45, 2.75) is 16.4 Å². The Morgan fingerprint density at radius 3 is 2.35 bits per heavy atom. The molecule has 0 heterocycles. The van der Waals surface area contributed by atoms with E-state index in [0.717, 1.165) is 5.56 Å². The van der Waals surface area contributed by atoms with E-state index in [1.54, 1.807) is 12.1 Å². The number of hydrogen-bond donors (Lipinski definition) is 1. The van der Waals surface area contributed by atoms with Crippen molar-refractivity contribution in [3.8, 4) is 11.5 Å². The zero-order valence-corrected chi connectivity index (χ0v) is 15.1. The third kappa shape index (κ3) is 3.81. The second-order valence-corrected chi connectivity index (χ2v) is 7.61. The maximum Gasteiger partial charge on any atom is 0.206 e. The number of hydrogen-bond acceptors (Lipinski definition) is 5. The summed E-state index contributed by atoms with van der Waals surface area (Å²) in [6.07, 6.45) is 0. The van der Waals surface area contributed by atoms with E-state index in [4.69, 9.17) is 15.2 Å². The average molecular weight is 369 g/mol. The summed E-state index contributed by atoms with van der Waals surface area (Å²) >= 11 is 0. The van der Waals surface area contributed by atoms with Gasteiger partial charge >= 0.3 is 0 Å². The van der Waals surface area contributed by atoms with Crippen molar-refractivity contribution in [3.05, 3.63) is 78.4 Å². The van der Waals surface area contributed by atoms with Crippen LogP contribution in [0.2, 0.25) is 0 Å². The van der Waals surface area contributed by atoms with Gasteiger partial charge in [-0.05, 0) is 35.9 Å². The second kappa shape index (κ2) is 7.49. The summed E-state index contributed by atoms with van der Waals surface area (Å²) in [5.74, 6) is 0.805. The van der Waals surface area contributed by atoms with Gasteiger partial charge in [-0.2, -0.15) is 0 Å². The fourth-order valence-corrected chi connectivity index (χ4v) is 3.76. The largest absolute Gasteiger partial charge is 0.497 e. The Kier molecular flexibility index (Phi) is 5.14. The predicted octanol–water partition coefficient (Wildman–Crippen LogP) is 3.69. The lowest BCUT2D eigenvalue weighted by atomic mass is 10.2. The predicted molar refractivity (Wildman–Crippen MR) is 100 cm³/mol. The molecule has 0 saturated carbocycles. The van der Waals surface area contributed by atoms with Gasteiger partial charge in [0.15, 0.2) is 0 Å². The lowest BCUT2D eigenvalue weighted by Gasteiger charge is -2.12. The first-order valence-electron chi connectivity index (χ1n) is 7.96. The summed E-state index contributed by atoms with van der Waals surface area (Å²) < 4.78 is 36.6. The number of nitrogens with two attached hydrogens (primary N) is 1. The average Bonchev–Trinajstić information content (AvgIpc) is 2.68. The van der Waals surface area contributed by atoms with Crippen molar-refractivity contribution in [1.29, 1.82) is 0 Å². The molecule has 2 N–H and O–H groups in total. The summed E-state index contributed by atoms with van der Waals surface area (Å²) in [5.41, 5.74) is 7.29. The van der Waals surface area contributed by atoms with Gasteiger partial charge in [-0.25, -0.2) is 8.42 Å². The van der Waals surface area contributed by atoms with E-state index in [0.29, 0.717) is 23.8 Å². The van der Waals surface area contributed by atoms with Gasteiger partial charge in [-0.15, -0.1) is 0 Å². The van der Waals surface area contributed by atoms with Crippen LogP contribution in [-0.2, 0) is 16.4 Å². The smallest absolute Gasteiger partial charge is 0.206 e. The first-order valence-corrected chi connectivity index (χ1v) is 9.44. The standard InChI is InChI=1S/C20H19NO4S/c1-24-16-8-5-9-17(12-16)26(22,23)18-10-11-19(21)20(13-18)25-14-15-6-3-2-4-7-15/h2-13H,14,21H2,1H3. The molecule has 5 nitrogen and oxygen atoms in total. The highest BCUT2D eigenvalue weighted by Crippen LogP contribution is 2.30. The molecule has 0 unspecified atom stereocenters. The Hall–Kier alpha value is -2.99. The van der Waals surface area contributed by atoms with Crippen LogP contribution in [0.5, 0.6) is 11.5 Å². The summed E-state index contributed by atoms with van der Waals surface area (Å²) in [6, 6.07) is 20.4. The van der Waals surface area contributed by atoms with Crippen LogP contribution in [0.4, 0.5) is 5.69 Å². The lowest BCUT2D eigenvalue weighted by Crippen LogP contribution is -2.05. The van der Waals surface area contributed by atoms with E-state index in [1.165, 1.54) is 37.4 Å². The number of ether oxygens (including phenoxy) is 2. The Bertz CT molecular complexity index is 1000. The molecule has 0 amide bonds. The molecule has 0 fully saturated rings. The number of benzene rings is 3. The normalized spacial score (nSPS) is 11.1. The Morgan fingerprint density at radius 1 is 0.885 bits per heavy atom. The van der Waals surface area contributed by atoms with E-state index in [-0.39, 0.29) is 9.79 Å². The molecule has 3 rings (SSSR count). The third-order valence-electron chi connectivity index (χ3n) is 3.88. The molecule has 6 heteroatoms. The Labute approximate surface area is 152 Å². The molecule has 0 bridgehead atoms. The highest BCUT2D eigenvalue weighted by atomic mass is 32.2. The highest BCUT2D eigenvalue weighted by molar-refractivity contribution is 7.91. The zero-order chi connectivity index (χ0) is 18.6. The van der Waals surface area contributed by atoms with Crippen LogP contribution in [0, 0.1) is 0 Å². The Balaban J connectivity index is 1.90. The van der Waals surface area contributed by atoms with Gasteiger partial charge < -0.3 is 15.2 Å². The van der Waals surface area contributed by atoms with Crippen molar-refractivity contribution in [2.24, 2.45) is 0 Å². The minimum absolute atomic E-state index is 0.114.